The minimum atomic E-state index is 1.10. The molecular weight excluding hydrogens is 158 g/mol. The van der Waals surface area contributed by atoms with E-state index >= 15 is 0 Å². The second-order valence-corrected chi connectivity index (χ2v) is 3.67. The summed E-state index contributed by atoms with van der Waals surface area (Å²) >= 11 is 0. The van der Waals surface area contributed by atoms with Gasteiger partial charge >= 0.3 is 0 Å². The van der Waals surface area contributed by atoms with Crippen molar-refractivity contribution in [1.29, 1.82) is 0 Å². The zero-order valence-electron chi connectivity index (χ0n) is 9.30. The summed E-state index contributed by atoms with van der Waals surface area (Å²) in [6.45, 7) is 9.07. The van der Waals surface area contributed by atoms with Gasteiger partial charge in [-0.15, -0.1) is 0 Å². The number of hydrogen-bond donors (Lipinski definition) is 0. The molecule has 0 aromatic rings. The Balaban J connectivity index is 4.21. The molecule has 0 unspecified atom stereocenters. The molecule has 0 atom stereocenters. The third kappa shape index (κ3) is 6.35. The lowest BCUT2D eigenvalue weighted by Gasteiger charge is -2.10. The van der Waals surface area contributed by atoms with E-state index in [1.807, 2.05) is 12.2 Å². The molecule has 0 bridgehead atoms. The van der Waals surface area contributed by atoms with Crippen LogP contribution in [-0.4, -0.2) is 25.5 Å². The van der Waals surface area contributed by atoms with Crippen LogP contribution in [0.2, 0.25) is 0 Å². The van der Waals surface area contributed by atoms with Crippen molar-refractivity contribution in [3.8, 4) is 0 Å². The standard InChI is InChI=1S/C12H21N/c1-6-7-8-12(11(2)3)9-10-13(4)5/h6-8H,1,9-10H2,2-5H3/b8-7-. The van der Waals surface area contributed by atoms with Gasteiger partial charge in [0.05, 0.1) is 0 Å². The summed E-state index contributed by atoms with van der Waals surface area (Å²) in [5.41, 5.74) is 2.80. The molecule has 0 saturated carbocycles. The van der Waals surface area contributed by atoms with Gasteiger partial charge in [-0.05, 0) is 39.9 Å². The Hall–Kier alpha value is -0.820. The van der Waals surface area contributed by atoms with Gasteiger partial charge in [0.15, 0.2) is 0 Å². The molecule has 0 saturated heterocycles. The number of hydrogen-bond acceptors (Lipinski definition) is 1. The first-order valence-corrected chi connectivity index (χ1v) is 4.68. The molecule has 0 rings (SSSR count). The lowest BCUT2D eigenvalue weighted by molar-refractivity contribution is 0.414. The van der Waals surface area contributed by atoms with Gasteiger partial charge in [0.25, 0.3) is 0 Å². The highest BCUT2D eigenvalue weighted by Gasteiger charge is 1.96. The number of allylic oxidation sites excluding steroid dienone is 4. The predicted molar refractivity (Wildman–Crippen MR) is 60.9 cm³/mol. The maximum Gasteiger partial charge on any atom is 0.00157 e. The van der Waals surface area contributed by atoms with Gasteiger partial charge in [-0.3, -0.25) is 0 Å². The molecule has 0 aromatic carbocycles. The van der Waals surface area contributed by atoms with Crippen LogP contribution in [0.4, 0.5) is 0 Å². The zero-order chi connectivity index (χ0) is 10.3. The summed E-state index contributed by atoms with van der Waals surface area (Å²) in [6.07, 6.45) is 7.07. The second kappa shape index (κ2) is 6.67. The molecule has 0 radical (unpaired) electrons. The lowest BCUT2D eigenvalue weighted by atomic mass is 10.1. The van der Waals surface area contributed by atoms with Gasteiger partial charge in [0, 0.05) is 6.54 Å². The van der Waals surface area contributed by atoms with Crippen LogP contribution < -0.4 is 0 Å². The molecule has 0 heterocycles. The maximum atomic E-state index is 3.67. The fourth-order valence-electron chi connectivity index (χ4n) is 1.03. The zero-order valence-corrected chi connectivity index (χ0v) is 9.30. The Morgan fingerprint density at radius 2 is 1.92 bits per heavy atom. The molecule has 13 heavy (non-hydrogen) atoms. The van der Waals surface area contributed by atoms with E-state index in [0.29, 0.717) is 0 Å². The summed E-state index contributed by atoms with van der Waals surface area (Å²) in [5, 5.41) is 0. The Morgan fingerprint density at radius 1 is 1.31 bits per heavy atom. The van der Waals surface area contributed by atoms with Crippen LogP contribution in [-0.2, 0) is 0 Å². The van der Waals surface area contributed by atoms with Crippen LogP contribution in [0.15, 0.2) is 36.0 Å². The van der Waals surface area contributed by atoms with Crippen molar-refractivity contribution in [2.24, 2.45) is 0 Å². The Bertz CT molecular complexity index is 205. The summed E-state index contributed by atoms with van der Waals surface area (Å²) in [6, 6.07) is 0. The molecule has 74 valence electrons. The highest BCUT2D eigenvalue weighted by molar-refractivity contribution is 5.25. The topological polar surface area (TPSA) is 3.24 Å². The van der Waals surface area contributed by atoms with Crippen molar-refractivity contribution in [1.82, 2.24) is 4.90 Å². The fourth-order valence-corrected chi connectivity index (χ4v) is 1.03. The first-order valence-electron chi connectivity index (χ1n) is 4.68. The lowest BCUT2D eigenvalue weighted by Crippen LogP contribution is -2.13. The molecule has 0 spiro atoms. The SMILES string of the molecule is C=C/C=C\C(CCN(C)C)=C(C)C. The van der Waals surface area contributed by atoms with Gasteiger partial charge in [0.2, 0.25) is 0 Å². The molecule has 0 aliphatic rings. The van der Waals surface area contributed by atoms with E-state index in [2.05, 4.69) is 45.5 Å². The average molecular weight is 179 g/mol. The third-order valence-electron chi connectivity index (χ3n) is 1.90. The van der Waals surface area contributed by atoms with Gasteiger partial charge in [0.1, 0.15) is 0 Å². The summed E-state index contributed by atoms with van der Waals surface area (Å²) in [7, 11) is 4.19. The van der Waals surface area contributed by atoms with Crippen molar-refractivity contribution in [2.45, 2.75) is 20.3 Å². The van der Waals surface area contributed by atoms with Crippen molar-refractivity contribution in [3.63, 3.8) is 0 Å². The normalized spacial score (nSPS) is 10.8. The molecular formula is C12H21N. The number of nitrogens with zero attached hydrogens (tertiary/aromatic N) is 1. The van der Waals surface area contributed by atoms with Gasteiger partial charge in [-0.25, -0.2) is 0 Å². The quantitative estimate of drug-likeness (QED) is 0.586. The van der Waals surface area contributed by atoms with Crippen LogP contribution in [0.3, 0.4) is 0 Å². The highest BCUT2D eigenvalue weighted by Crippen LogP contribution is 2.10. The summed E-state index contributed by atoms with van der Waals surface area (Å²) in [5.74, 6) is 0. The smallest absolute Gasteiger partial charge is 0.00157 e. The second-order valence-electron chi connectivity index (χ2n) is 3.67. The minimum Gasteiger partial charge on any atom is -0.309 e. The molecule has 0 aliphatic heterocycles. The Morgan fingerprint density at radius 3 is 2.31 bits per heavy atom. The summed E-state index contributed by atoms with van der Waals surface area (Å²) in [4.78, 5) is 2.20. The monoisotopic (exact) mass is 179 g/mol. The third-order valence-corrected chi connectivity index (χ3v) is 1.90. The molecule has 1 nitrogen and oxygen atoms in total. The van der Waals surface area contributed by atoms with Crippen molar-refractivity contribution in [3.05, 3.63) is 36.0 Å². The molecule has 0 aromatic heterocycles. The van der Waals surface area contributed by atoms with Crippen LogP contribution in [0.5, 0.6) is 0 Å². The molecule has 1 heteroatoms. The maximum absolute atomic E-state index is 3.67. The van der Waals surface area contributed by atoms with Crippen molar-refractivity contribution in [2.75, 3.05) is 20.6 Å². The van der Waals surface area contributed by atoms with E-state index in [4.69, 9.17) is 0 Å². The van der Waals surface area contributed by atoms with Crippen molar-refractivity contribution >= 4 is 0 Å². The van der Waals surface area contributed by atoms with E-state index in [9.17, 15) is 0 Å². The molecule has 0 amide bonds. The van der Waals surface area contributed by atoms with E-state index in [1.165, 1.54) is 11.1 Å². The van der Waals surface area contributed by atoms with E-state index < -0.39 is 0 Å². The van der Waals surface area contributed by atoms with Crippen LogP contribution in [0.1, 0.15) is 20.3 Å². The first-order chi connectivity index (χ1) is 6.07. The average Bonchev–Trinajstić information content (AvgIpc) is 2.03. The summed E-state index contributed by atoms with van der Waals surface area (Å²) < 4.78 is 0. The van der Waals surface area contributed by atoms with Gasteiger partial charge in [-0.1, -0.05) is 30.4 Å². The molecule has 0 aliphatic carbocycles. The first kappa shape index (κ1) is 12.2. The van der Waals surface area contributed by atoms with E-state index in [1.54, 1.807) is 0 Å². The number of rotatable bonds is 5. The van der Waals surface area contributed by atoms with E-state index in [-0.39, 0.29) is 0 Å². The Labute approximate surface area is 82.4 Å². The fraction of sp³-hybridized carbons (Fsp3) is 0.500. The van der Waals surface area contributed by atoms with E-state index in [0.717, 1.165) is 13.0 Å². The van der Waals surface area contributed by atoms with Crippen LogP contribution in [0.25, 0.3) is 0 Å². The van der Waals surface area contributed by atoms with Crippen LogP contribution >= 0.6 is 0 Å². The molecule has 0 N–H and O–H groups in total. The minimum absolute atomic E-state index is 1.10. The highest BCUT2D eigenvalue weighted by atomic mass is 15.0. The van der Waals surface area contributed by atoms with Gasteiger partial charge in [-0.2, -0.15) is 0 Å². The Kier molecular flexibility index (Phi) is 6.25. The van der Waals surface area contributed by atoms with Crippen molar-refractivity contribution < 1.29 is 0 Å². The van der Waals surface area contributed by atoms with Crippen LogP contribution in [0, 0.1) is 0 Å². The largest absolute Gasteiger partial charge is 0.309 e. The van der Waals surface area contributed by atoms with Gasteiger partial charge < -0.3 is 4.90 Å². The predicted octanol–water partition coefficient (Wildman–Crippen LogP) is 3.02. The molecule has 0 fully saturated rings.